The van der Waals surface area contributed by atoms with Crippen LogP contribution in [0.3, 0.4) is 0 Å². The van der Waals surface area contributed by atoms with E-state index in [4.69, 9.17) is 4.74 Å². The van der Waals surface area contributed by atoms with E-state index in [0.717, 1.165) is 24.9 Å². The minimum Gasteiger partial charge on any atom is -0.367 e. The molecule has 0 aliphatic carbocycles. The van der Waals surface area contributed by atoms with Gasteiger partial charge in [-0.3, -0.25) is 9.99 Å². The van der Waals surface area contributed by atoms with Gasteiger partial charge in [0.05, 0.1) is 6.20 Å². The van der Waals surface area contributed by atoms with Crippen LogP contribution in [-0.4, -0.2) is 41.4 Å². The van der Waals surface area contributed by atoms with Crippen LogP contribution < -0.4 is 0 Å². The highest BCUT2D eigenvalue weighted by Gasteiger charge is 2.37. The van der Waals surface area contributed by atoms with E-state index in [9.17, 15) is 4.39 Å². The molecule has 0 spiro atoms. The normalized spacial score (nSPS) is 30.6. The van der Waals surface area contributed by atoms with Crippen molar-refractivity contribution >= 4 is 22.1 Å². The third-order valence-electron chi connectivity index (χ3n) is 4.34. The smallest absolute Gasteiger partial charge is 0.144 e. The number of hydrazone groups is 1. The molecule has 4 nitrogen and oxygen atoms in total. The van der Waals surface area contributed by atoms with Crippen LogP contribution in [0.25, 0.3) is 0 Å². The standard InChI is InChI=1S/C15H19BrFN3O/c1-20-9-11(7-19-20)15(10-3-5-21-14(16)6-10)12-2-4-18-8-13(12)17/h2,4,7-8,10-11,14-15H,3,5-6,9H2,1H3. The Morgan fingerprint density at radius 3 is 3.05 bits per heavy atom. The number of alkyl halides is 1. The van der Waals surface area contributed by atoms with Crippen LogP contribution in [0.2, 0.25) is 0 Å². The van der Waals surface area contributed by atoms with Crippen molar-refractivity contribution in [3.05, 3.63) is 29.8 Å². The van der Waals surface area contributed by atoms with E-state index in [-0.39, 0.29) is 22.7 Å². The Balaban J connectivity index is 1.91. The van der Waals surface area contributed by atoms with Gasteiger partial charge in [-0.1, -0.05) is 15.9 Å². The molecule has 0 bridgehead atoms. The molecular weight excluding hydrogens is 337 g/mol. The maximum Gasteiger partial charge on any atom is 0.144 e. The zero-order valence-electron chi connectivity index (χ0n) is 12.0. The largest absolute Gasteiger partial charge is 0.367 e. The number of hydrogen-bond donors (Lipinski definition) is 0. The molecule has 0 amide bonds. The molecule has 1 saturated heterocycles. The molecule has 1 aromatic heterocycles. The van der Waals surface area contributed by atoms with E-state index >= 15 is 0 Å². The fourth-order valence-electron chi connectivity index (χ4n) is 3.39. The van der Waals surface area contributed by atoms with E-state index < -0.39 is 0 Å². The Kier molecular flexibility index (Phi) is 4.54. The number of halogens is 2. The summed E-state index contributed by atoms with van der Waals surface area (Å²) in [7, 11) is 1.95. The van der Waals surface area contributed by atoms with Crippen molar-refractivity contribution in [2.45, 2.75) is 23.8 Å². The highest BCUT2D eigenvalue weighted by Crippen LogP contribution is 2.41. The second-order valence-electron chi connectivity index (χ2n) is 5.76. The zero-order valence-corrected chi connectivity index (χ0v) is 13.5. The first-order valence-corrected chi connectivity index (χ1v) is 8.17. The van der Waals surface area contributed by atoms with Crippen molar-refractivity contribution in [3.63, 3.8) is 0 Å². The fraction of sp³-hybridized carbons (Fsp3) is 0.600. The van der Waals surface area contributed by atoms with Gasteiger partial charge in [0.2, 0.25) is 0 Å². The van der Waals surface area contributed by atoms with Gasteiger partial charge >= 0.3 is 0 Å². The lowest BCUT2D eigenvalue weighted by Crippen LogP contribution is -2.32. The molecule has 1 fully saturated rings. The van der Waals surface area contributed by atoms with Crippen molar-refractivity contribution in [2.75, 3.05) is 20.2 Å². The number of pyridine rings is 1. The van der Waals surface area contributed by atoms with Crippen LogP contribution in [0, 0.1) is 17.7 Å². The number of nitrogens with zero attached hydrogens (tertiary/aromatic N) is 3. The molecule has 1 aromatic rings. The molecule has 0 saturated carbocycles. The Morgan fingerprint density at radius 2 is 2.38 bits per heavy atom. The van der Waals surface area contributed by atoms with E-state index in [0.29, 0.717) is 12.5 Å². The summed E-state index contributed by atoms with van der Waals surface area (Å²) in [5.41, 5.74) is 0.753. The summed E-state index contributed by atoms with van der Waals surface area (Å²) in [5, 5.41) is 6.31. The van der Waals surface area contributed by atoms with Crippen molar-refractivity contribution in [2.24, 2.45) is 16.9 Å². The zero-order chi connectivity index (χ0) is 14.8. The third-order valence-corrected chi connectivity index (χ3v) is 4.98. The number of rotatable bonds is 3. The first kappa shape index (κ1) is 14.9. The molecule has 2 aliphatic rings. The van der Waals surface area contributed by atoms with E-state index in [1.165, 1.54) is 6.20 Å². The first-order chi connectivity index (χ1) is 10.1. The van der Waals surface area contributed by atoms with Crippen molar-refractivity contribution < 1.29 is 9.13 Å². The maximum absolute atomic E-state index is 14.3. The molecule has 4 atom stereocenters. The van der Waals surface area contributed by atoms with Gasteiger partial charge in [-0.2, -0.15) is 5.10 Å². The van der Waals surface area contributed by atoms with Crippen molar-refractivity contribution in [1.29, 1.82) is 0 Å². The molecule has 3 rings (SSSR count). The van der Waals surface area contributed by atoms with Crippen LogP contribution in [0.1, 0.15) is 24.3 Å². The third kappa shape index (κ3) is 3.26. The Morgan fingerprint density at radius 1 is 1.52 bits per heavy atom. The highest BCUT2D eigenvalue weighted by molar-refractivity contribution is 9.09. The molecule has 3 heterocycles. The van der Waals surface area contributed by atoms with Crippen LogP contribution in [0.5, 0.6) is 0 Å². The van der Waals surface area contributed by atoms with Gasteiger partial charge in [0.15, 0.2) is 0 Å². The molecular formula is C15H19BrFN3O. The minimum atomic E-state index is -0.219. The van der Waals surface area contributed by atoms with E-state index in [1.807, 2.05) is 24.3 Å². The minimum absolute atomic E-state index is 0.0553. The summed E-state index contributed by atoms with van der Waals surface area (Å²) in [6, 6.07) is 1.81. The second-order valence-corrected chi connectivity index (χ2v) is 6.78. The highest BCUT2D eigenvalue weighted by atomic mass is 79.9. The molecule has 21 heavy (non-hydrogen) atoms. The Bertz CT molecular complexity index is 527. The summed E-state index contributed by atoms with van der Waals surface area (Å²) in [6.07, 6.45) is 6.78. The van der Waals surface area contributed by atoms with Gasteiger partial charge in [0.25, 0.3) is 0 Å². The number of aromatic nitrogens is 1. The van der Waals surface area contributed by atoms with E-state index in [2.05, 4.69) is 26.0 Å². The quantitative estimate of drug-likeness (QED) is 0.782. The number of ether oxygens (including phenoxy) is 1. The lowest BCUT2D eigenvalue weighted by Gasteiger charge is -2.35. The molecule has 2 aliphatic heterocycles. The lowest BCUT2D eigenvalue weighted by atomic mass is 9.74. The monoisotopic (exact) mass is 355 g/mol. The first-order valence-electron chi connectivity index (χ1n) is 7.25. The van der Waals surface area contributed by atoms with Crippen LogP contribution >= 0.6 is 15.9 Å². The summed E-state index contributed by atoms with van der Waals surface area (Å²) in [5.74, 6) is 0.506. The van der Waals surface area contributed by atoms with Crippen LogP contribution in [-0.2, 0) is 4.74 Å². The lowest BCUT2D eigenvalue weighted by molar-refractivity contribution is 0.0357. The molecule has 4 unspecified atom stereocenters. The average Bonchev–Trinajstić information content (AvgIpc) is 2.88. The van der Waals surface area contributed by atoms with Crippen LogP contribution in [0.15, 0.2) is 23.6 Å². The topological polar surface area (TPSA) is 37.7 Å². The van der Waals surface area contributed by atoms with Gasteiger partial charge in [0, 0.05) is 38.5 Å². The predicted octanol–water partition coefficient (Wildman–Crippen LogP) is 3.00. The van der Waals surface area contributed by atoms with Gasteiger partial charge in [-0.05, 0) is 36.3 Å². The fourth-order valence-corrected chi connectivity index (χ4v) is 4.06. The van der Waals surface area contributed by atoms with Gasteiger partial charge < -0.3 is 4.74 Å². The summed E-state index contributed by atoms with van der Waals surface area (Å²) >= 11 is 3.54. The Labute approximate surface area is 132 Å². The van der Waals surface area contributed by atoms with Crippen molar-refractivity contribution in [3.8, 4) is 0 Å². The van der Waals surface area contributed by atoms with Gasteiger partial charge in [0.1, 0.15) is 10.8 Å². The molecule has 0 aromatic carbocycles. The predicted molar refractivity (Wildman–Crippen MR) is 82.9 cm³/mol. The average molecular weight is 356 g/mol. The summed E-state index contributed by atoms with van der Waals surface area (Å²) in [4.78, 5) is 3.88. The SMILES string of the molecule is CN1CC(C(c2ccncc2F)C2CCOC(Br)C2)C=N1. The second kappa shape index (κ2) is 6.40. The summed E-state index contributed by atoms with van der Waals surface area (Å²) < 4.78 is 19.9. The molecule has 0 N–H and O–H groups in total. The van der Waals surface area contributed by atoms with Gasteiger partial charge in [-0.15, -0.1) is 0 Å². The molecule has 0 radical (unpaired) electrons. The molecule has 6 heteroatoms. The van der Waals surface area contributed by atoms with Crippen LogP contribution in [0.4, 0.5) is 4.39 Å². The molecule has 114 valence electrons. The van der Waals surface area contributed by atoms with E-state index in [1.54, 1.807) is 6.20 Å². The van der Waals surface area contributed by atoms with Gasteiger partial charge in [-0.25, -0.2) is 4.39 Å². The number of hydrogen-bond acceptors (Lipinski definition) is 4. The van der Waals surface area contributed by atoms with Crippen molar-refractivity contribution in [1.82, 2.24) is 9.99 Å². The maximum atomic E-state index is 14.3. The summed E-state index contributed by atoms with van der Waals surface area (Å²) in [6.45, 7) is 1.54. The Hall–Kier alpha value is -1.01.